The van der Waals surface area contributed by atoms with Gasteiger partial charge in [-0.05, 0) is 42.7 Å². The van der Waals surface area contributed by atoms with Gasteiger partial charge in [0, 0.05) is 29.9 Å². The number of ketones is 1. The molecule has 0 atom stereocenters. The van der Waals surface area contributed by atoms with E-state index in [1.54, 1.807) is 12.1 Å². The highest BCUT2D eigenvalue weighted by atomic mass is 32.2. The molecule has 4 rings (SSSR count). The van der Waals surface area contributed by atoms with Crippen LogP contribution in [0.15, 0.2) is 63.3 Å². The van der Waals surface area contributed by atoms with Gasteiger partial charge in [0.25, 0.3) is 11.1 Å². The standard InChI is InChI=1S/C21H19N3O3S/c25-17-5-3-4-16(12-17)23-24-20(26)15-10-8-14(9-11-15)13-28-21-22-18-6-1-2-7-19(18)27-21/h1-2,6-11H,3-5,12-13H2,(H,24,26)/b23-16-. The summed E-state index contributed by atoms with van der Waals surface area (Å²) >= 11 is 1.51. The third-order valence-corrected chi connectivity index (χ3v) is 5.39. The number of benzene rings is 2. The Hall–Kier alpha value is -2.93. The van der Waals surface area contributed by atoms with E-state index in [1.807, 2.05) is 36.4 Å². The summed E-state index contributed by atoms with van der Waals surface area (Å²) in [6.45, 7) is 0. The number of nitrogens with zero attached hydrogens (tertiary/aromatic N) is 2. The lowest BCUT2D eigenvalue weighted by Gasteiger charge is -2.11. The maximum Gasteiger partial charge on any atom is 0.271 e. The Bertz CT molecular complexity index is 1010. The molecule has 1 amide bonds. The van der Waals surface area contributed by atoms with E-state index >= 15 is 0 Å². The maximum atomic E-state index is 12.2. The number of Topliss-reactive ketones (excluding diaryl/α,β-unsaturated/α-hetero) is 1. The average molecular weight is 393 g/mol. The molecule has 1 aliphatic rings. The number of para-hydroxylation sites is 2. The summed E-state index contributed by atoms with van der Waals surface area (Å²) in [5.41, 5.74) is 6.51. The molecule has 1 fully saturated rings. The molecular formula is C21H19N3O3S. The summed E-state index contributed by atoms with van der Waals surface area (Å²) in [7, 11) is 0. The van der Waals surface area contributed by atoms with Crippen LogP contribution in [-0.4, -0.2) is 22.4 Å². The number of oxazole rings is 1. The molecule has 1 aromatic heterocycles. The molecule has 1 N–H and O–H groups in total. The highest BCUT2D eigenvalue weighted by Crippen LogP contribution is 2.26. The number of hydrogen-bond donors (Lipinski definition) is 1. The van der Waals surface area contributed by atoms with Crippen LogP contribution < -0.4 is 5.43 Å². The molecule has 3 aromatic rings. The zero-order valence-electron chi connectivity index (χ0n) is 15.2. The average Bonchev–Trinajstić information content (AvgIpc) is 3.14. The topological polar surface area (TPSA) is 84.6 Å². The first kappa shape index (κ1) is 18.4. The molecule has 28 heavy (non-hydrogen) atoms. The highest BCUT2D eigenvalue weighted by molar-refractivity contribution is 7.98. The fraction of sp³-hybridized carbons (Fsp3) is 0.238. The number of fused-ring (bicyclic) bond motifs is 1. The molecule has 0 radical (unpaired) electrons. The van der Waals surface area contributed by atoms with Crippen molar-refractivity contribution < 1.29 is 14.0 Å². The van der Waals surface area contributed by atoms with Crippen molar-refractivity contribution in [2.24, 2.45) is 5.10 Å². The highest BCUT2D eigenvalue weighted by Gasteiger charge is 2.15. The molecule has 0 unspecified atom stereocenters. The fourth-order valence-corrected chi connectivity index (χ4v) is 3.79. The lowest BCUT2D eigenvalue weighted by molar-refractivity contribution is -0.118. The van der Waals surface area contributed by atoms with E-state index in [0.29, 0.717) is 29.4 Å². The van der Waals surface area contributed by atoms with Crippen LogP contribution in [0.4, 0.5) is 0 Å². The minimum atomic E-state index is -0.274. The van der Waals surface area contributed by atoms with Crippen LogP contribution in [0, 0.1) is 0 Å². The molecule has 142 valence electrons. The van der Waals surface area contributed by atoms with Gasteiger partial charge in [-0.25, -0.2) is 10.4 Å². The number of thioether (sulfide) groups is 1. The van der Waals surface area contributed by atoms with Crippen molar-refractivity contribution in [3.05, 3.63) is 59.7 Å². The van der Waals surface area contributed by atoms with Gasteiger partial charge in [0.15, 0.2) is 5.58 Å². The lowest BCUT2D eigenvalue weighted by atomic mass is 9.97. The van der Waals surface area contributed by atoms with Crippen LogP contribution in [0.25, 0.3) is 11.1 Å². The number of amides is 1. The van der Waals surface area contributed by atoms with Gasteiger partial charge < -0.3 is 4.42 Å². The molecule has 0 spiro atoms. The Labute approximate surface area is 166 Å². The molecule has 7 heteroatoms. The Morgan fingerprint density at radius 2 is 1.96 bits per heavy atom. The summed E-state index contributed by atoms with van der Waals surface area (Å²) < 4.78 is 5.70. The first-order chi connectivity index (χ1) is 13.7. The van der Waals surface area contributed by atoms with Crippen molar-refractivity contribution in [2.75, 3.05) is 0 Å². The molecular weight excluding hydrogens is 374 g/mol. The Kier molecular flexibility index (Phi) is 5.53. The van der Waals surface area contributed by atoms with Crippen molar-refractivity contribution in [1.82, 2.24) is 10.4 Å². The van der Waals surface area contributed by atoms with E-state index in [0.717, 1.165) is 35.2 Å². The van der Waals surface area contributed by atoms with Gasteiger partial charge in [-0.15, -0.1) is 0 Å². The molecule has 0 aliphatic heterocycles. The number of nitrogens with one attached hydrogen (secondary N) is 1. The molecule has 0 saturated heterocycles. The first-order valence-electron chi connectivity index (χ1n) is 9.12. The minimum Gasteiger partial charge on any atom is -0.431 e. The third-order valence-electron chi connectivity index (χ3n) is 4.49. The largest absolute Gasteiger partial charge is 0.431 e. The minimum absolute atomic E-state index is 0.181. The SMILES string of the molecule is O=C1CCC/C(=N/NC(=O)c2ccc(CSc3nc4ccccc4o3)cc2)C1. The predicted octanol–water partition coefficient (Wildman–Crippen LogP) is 4.35. The fourth-order valence-electron chi connectivity index (χ4n) is 2.99. The molecule has 1 saturated carbocycles. The zero-order valence-corrected chi connectivity index (χ0v) is 16.0. The molecule has 1 aliphatic carbocycles. The first-order valence-corrected chi connectivity index (χ1v) is 10.1. The van der Waals surface area contributed by atoms with E-state index in [2.05, 4.69) is 15.5 Å². The van der Waals surface area contributed by atoms with Crippen molar-refractivity contribution >= 4 is 40.3 Å². The number of aromatic nitrogens is 1. The summed E-state index contributed by atoms with van der Waals surface area (Å²) in [4.78, 5) is 28.1. The van der Waals surface area contributed by atoms with Crippen molar-refractivity contribution in [3.63, 3.8) is 0 Å². The number of hydrazone groups is 1. The Morgan fingerprint density at radius 3 is 2.75 bits per heavy atom. The molecule has 0 bridgehead atoms. The Morgan fingerprint density at radius 1 is 1.14 bits per heavy atom. The van der Waals surface area contributed by atoms with Crippen molar-refractivity contribution in [3.8, 4) is 0 Å². The summed E-state index contributed by atoms with van der Waals surface area (Å²) in [5, 5.41) is 4.73. The monoisotopic (exact) mass is 393 g/mol. The van der Waals surface area contributed by atoms with Crippen LogP contribution in [0.2, 0.25) is 0 Å². The van der Waals surface area contributed by atoms with Crippen LogP contribution in [0.5, 0.6) is 0 Å². The molecule has 2 aromatic carbocycles. The van der Waals surface area contributed by atoms with Gasteiger partial charge in [0.1, 0.15) is 11.3 Å². The normalized spacial score (nSPS) is 15.9. The van der Waals surface area contributed by atoms with E-state index in [4.69, 9.17) is 4.42 Å². The van der Waals surface area contributed by atoms with E-state index in [-0.39, 0.29) is 11.7 Å². The van der Waals surface area contributed by atoms with Crippen molar-refractivity contribution in [1.29, 1.82) is 0 Å². The van der Waals surface area contributed by atoms with Crippen LogP contribution in [-0.2, 0) is 10.5 Å². The molecule has 1 heterocycles. The van der Waals surface area contributed by atoms with Gasteiger partial charge in [0.05, 0.1) is 0 Å². The van der Waals surface area contributed by atoms with Gasteiger partial charge >= 0.3 is 0 Å². The second kappa shape index (κ2) is 8.39. The van der Waals surface area contributed by atoms with Crippen LogP contribution in [0.1, 0.15) is 41.6 Å². The number of carbonyl (C=O) groups excluding carboxylic acids is 2. The van der Waals surface area contributed by atoms with E-state index < -0.39 is 0 Å². The number of rotatable bonds is 5. The van der Waals surface area contributed by atoms with E-state index in [9.17, 15) is 9.59 Å². The number of carbonyl (C=O) groups is 2. The third kappa shape index (κ3) is 4.48. The van der Waals surface area contributed by atoms with Crippen molar-refractivity contribution in [2.45, 2.75) is 36.7 Å². The smallest absolute Gasteiger partial charge is 0.271 e. The second-order valence-corrected chi connectivity index (χ2v) is 7.55. The Balaban J connectivity index is 1.33. The van der Waals surface area contributed by atoms with Gasteiger partial charge in [-0.3, -0.25) is 9.59 Å². The predicted molar refractivity (Wildman–Crippen MR) is 108 cm³/mol. The summed E-state index contributed by atoms with van der Waals surface area (Å²) in [5.74, 6) is 0.600. The molecule has 6 nitrogen and oxygen atoms in total. The lowest BCUT2D eigenvalue weighted by Crippen LogP contribution is -2.22. The summed E-state index contributed by atoms with van der Waals surface area (Å²) in [6, 6.07) is 15.0. The van der Waals surface area contributed by atoms with E-state index in [1.165, 1.54) is 11.8 Å². The van der Waals surface area contributed by atoms with Gasteiger partial charge in [-0.2, -0.15) is 5.10 Å². The second-order valence-electron chi connectivity index (χ2n) is 6.62. The zero-order chi connectivity index (χ0) is 19.3. The van der Waals surface area contributed by atoms with Crippen LogP contribution in [0.3, 0.4) is 0 Å². The maximum absolute atomic E-state index is 12.2. The summed E-state index contributed by atoms with van der Waals surface area (Å²) in [6.07, 6.45) is 2.51. The van der Waals surface area contributed by atoms with Gasteiger partial charge in [0.2, 0.25) is 0 Å². The van der Waals surface area contributed by atoms with Crippen LogP contribution >= 0.6 is 11.8 Å². The quantitative estimate of drug-likeness (QED) is 0.515. The van der Waals surface area contributed by atoms with Gasteiger partial charge in [-0.1, -0.05) is 36.0 Å². The number of hydrogen-bond acceptors (Lipinski definition) is 6.